The molecule has 516 valence electrons. The van der Waals surface area contributed by atoms with Gasteiger partial charge in [-0.05, 0) is 126 Å². The summed E-state index contributed by atoms with van der Waals surface area (Å²) in [6, 6.07) is 27.1. The predicted molar refractivity (Wildman–Crippen MR) is 382 cm³/mol. The molecule has 10 heterocycles. The number of nitrogens with zero attached hydrogens (tertiary/aromatic N) is 14. The van der Waals surface area contributed by atoms with Crippen molar-refractivity contribution in [1.82, 2.24) is 59.2 Å². The van der Waals surface area contributed by atoms with Crippen LogP contribution in [0.25, 0.3) is 44.4 Å². The third kappa shape index (κ3) is 16.8. The molecule has 0 atom stereocenters. The highest BCUT2D eigenvalue weighted by molar-refractivity contribution is 5.87. The number of rotatable bonds is 16. The molecule has 0 unspecified atom stereocenters. The van der Waals surface area contributed by atoms with Crippen LogP contribution in [0.3, 0.4) is 0 Å². The molecule has 26 heteroatoms. The van der Waals surface area contributed by atoms with Crippen LogP contribution in [-0.2, 0) is 28.3 Å². The maximum Gasteiger partial charge on any atom is 0.329 e. The Hall–Kier alpha value is -10.1. The number of aromatic amines is 1. The van der Waals surface area contributed by atoms with Crippen LogP contribution < -0.4 is 56.1 Å². The molecule has 7 aromatic heterocycles. The number of benzene rings is 3. The Morgan fingerprint density at radius 3 is 1.24 bits per heavy atom. The molecule has 0 radical (unpaired) electrons. The molecule has 6 fully saturated rings. The molecule has 4 N–H and O–H groups in total. The summed E-state index contributed by atoms with van der Waals surface area (Å²) in [5, 5.41) is 14.7. The molecule has 10 aromatic rings. The zero-order valence-electron chi connectivity index (χ0n) is 56.2. The fourth-order valence-electron chi connectivity index (χ4n) is 13.9. The van der Waals surface area contributed by atoms with Crippen molar-refractivity contribution in [2.24, 2.45) is 14.1 Å². The number of nitrogens with one attached hydrogen (secondary N) is 4. The number of fused-ring (bicyclic) bond motifs is 3. The van der Waals surface area contributed by atoms with E-state index >= 15 is 0 Å². The number of anilines is 6. The van der Waals surface area contributed by atoms with Crippen molar-refractivity contribution in [3.05, 3.63) is 155 Å². The van der Waals surface area contributed by atoms with E-state index in [9.17, 15) is 9.59 Å². The molecule has 3 aliphatic heterocycles. The number of hydrogen-bond donors (Lipinski definition) is 4. The molecule has 6 aliphatic rings. The maximum atomic E-state index is 11.9. The molecule has 3 saturated carbocycles. The second kappa shape index (κ2) is 31.6. The number of ether oxygens (including phenoxy) is 6. The number of aryl methyl sites for hydroxylation is 1. The van der Waals surface area contributed by atoms with Crippen LogP contribution in [0.4, 0.5) is 34.5 Å². The molecule has 0 bridgehead atoms. The van der Waals surface area contributed by atoms with Crippen LogP contribution in [-0.4, -0.2) is 175 Å². The maximum absolute atomic E-state index is 11.9. The lowest BCUT2D eigenvalue weighted by Crippen LogP contribution is -2.36. The van der Waals surface area contributed by atoms with Crippen molar-refractivity contribution >= 4 is 67.6 Å². The first-order chi connectivity index (χ1) is 48.6. The van der Waals surface area contributed by atoms with Crippen LogP contribution in [0.1, 0.15) is 77.0 Å². The van der Waals surface area contributed by atoms with E-state index in [2.05, 4.69) is 123 Å². The van der Waals surface area contributed by atoms with E-state index in [0.29, 0.717) is 31.1 Å². The summed E-state index contributed by atoms with van der Waals surface area (Å²) in [6.45, 7) is 9.61. The smallest absolute Gasteiger partial charge is 0.329 e. The van der Waals surface area contributed by atoms with Gasteiger partial charge in [0, 0.05) is 174 Å². The Morgan fingerprint density at radius 1 is 0.434 bits per heavy atom. The molecular formula is C73H86N18O8. The first-order valence-corrected chi connectivity index (χ1v) is 34.8. The normalized spacial score (nSPS) is 21.2. The summed E-state index contributed by atoms with van der Waals surface area (Å²) in [4.78, 5) is 69.6. The fourth-order valence-corrected chi connectivity index (χ4v) is 13.9. The van der Waals surface area contributed by atoms with Gasteiger partial charge >= 0.3 is 5.69 Å². The van der Waals surface area contributed by atoms with Gasteiger partial charge in [-0.2, -0.15) is 5.10 Å². The first-order valence-electron chi connectivity index (χ1n) is 34.8. The zero-order valence-corrected chi connectivity index (χ0v) is 56.2. The van der Waals surface area contributed by atoms with Crippen LogP contribution >= 0.6 is 0 Å². The second-order valence-electron chi connectivity index (χ2n) is 26.0. The molecule has 26 nitrogen and oxygen atoms in total. The Kier molecular flexibility index (Phi) is 21.2. The molecule has 0 amide bonds. The van der Waals surface area contributed by atoms with Crippen molar-refractivity contribution in [2.45, 2.75) is 113 Å². The van der Waals surface area contributed by atoms with Gasteiger partial charge in [0.05, 0.1) is 80.2 Å². The van der Waals surface area contributed by atoms with E-state index in [1.165, 1.54) is 13.1 Å². The van der Waals surface area contributed by atoms with Gasteiger partial charge in [-0.15, -0.1) is 0 Å². The topological polar surface area (TPSA) is 277 Å². The summed E-state index contributed by atoms with van der Waals surface area (Å²) in [5.41, 5.74) is 9.70. The average molecular weight is 1340 g/mol. The molecule has 16 rings (SSSR count). The van der Waals surface area contributed by atoms with E-state index in [1.54, 1.807) is 43.4 Å². The Bertz CT molecular complexity index is 4370. The van der Waals surface area contributed by atoms with E-state index in [1.807, 2.05) is 54.5 Å². The summed E-state index contributed by atoms with van der Waals surface area (Å²) in [7, 11) is 3.39. The highest BCUT2D eigenvalue weighted by Crippen LogP contribution is 2.37. The van der Waals surface area contributed by atoms with Gasteiger partial charge in [0.1, 0.15) is 51.3 Å². The molecule has 3 aliphatic carbocycles. The largest absolute Gasteiger partial charge is 0.488 e. The third-order valence-electron chi connectivity index (χ3n) is 19.4. The zero-order chi connectivity index (χ0) is 67.3. The van der Waals surface area contributed by atoms with Crippen molar-refractivity contribution in [1.29, 1.82) is 0 Å². The number of hydrogen-bond acceptors (Lipinski definition) is 23. The molecule has 0 spiro atoms. The number of aromatic nitrogens is 12. The highest BCUT2D eigenvalue weighted by atomic mass is 16.5. The second-order valence-corrected chi connectivity index (χ2v) is 26.0. The van der Waals surface area contributed by atoms with Gasteiger partial charge in [-0.25, -0.2) is 29.7 Å². The molecule has 3 saturated heterocycles. The third-order valence-corrected chi connectivity index (χ3v) is 19.4. The van der Waals surface area contributed by atoms with Crippen molar-refractivity contribution in [3.8, 4) is 28.5 Å². The molecule has 99 heavy (non-hydrogen) atoms. The van der Waals surface area contributed by atoms with Crippen molar-refractivity contribution in [3.63, 3.8) is 0 Å². The van der Waals surface area contributed by atoms with E-state index in [0.717, 1.165) is 238 Å². The summed E-state index contributed by atoms with van der Waals surface area (Å²) >= 11 is 0. The lowest BCUT2D eigenvalue weighted by atomic mass is 9.93. The minimum absolute atomic E-state index is 0.0656. The first kappa shape index (κ1) is 66.2. The minimum atomic E-state index is -0.421. The summed E-state index contributed by atoms with van der Waals surface area (Å²) in [6.07, 6.45) is 27.9. The van der Waals surface area contributed by atoms with E-state index in [4.69, 9.17) is 28.4 Å². The van der Waals surface area contributed by atoms with Gasteiger partial charge in [0.25, 0.3) is 5.56 Å². The monoisotopic (exact) mass is 1340 g/mol. The van der Waals surface area contributed by atoms with Crippen molar-refractivity contribution < 1.29 is 28.4 Å². The van der Waals surface area contributed by atoms with Crippen molar-refractivity contribution in [2.75, 3.05) is 110 Å². The van der Waals surface area contributed by atoms with Gasteiger partial charge in [0.2, 0.25) is 0 Å². The van der Waals surface area contributed by atoms with Crippen LogP contribution in [0, 0.1) is 0 Å². The van der Waals surface area contributed by atoms with Gasteiger partial charge in [0.15, 0.2) is 0 Å². The molecular weight excluding hydrogens is 1260 g/mol. The minimum Gasteiger partial charge on any atom is -0.488 e. The van der Waals surface area contributed by atoms with E-state index < -0.39 is 5.69 Å². The highest BCUT2D eigenvalue weighted by Gasteiger charge is 2.29. The fraction of sp³-hybridized carbons (Fsp3) is 0.438. The Morgan fingerprint density at radius 2 is 0.859 bits per heavy atom. The number of H-pyrrole nitrogens is 1. The SMILES string of the molecule is Cn1c(=O)cc(NC2CCC(Oc3cc(N4CCOCC4)cc4nccnc34)CC2)[nH]c1=O.Cn1nccc1-c1ccc(NC2CCC(Oc3cc(N4CCOCC4)cc4nccnc34)CC2)nc1.c1ccc(NC2CCC(Oc3cc(N4CCOCC4)cc4nccnc34)CC2)nc1. The van der Waals surface area contributed by atoms with Gasteiger partial charge in [-0.3, -0.25) is 34.0 Å². The Balaban J connectivity index is 0.000000127. The Labute approximate surface area is 573 Å². The molecule has 3 aromatic carbocycles. The van der Waals surface area contributed by atoms with E-state index in [-0.39, 0.29) is 29.9 Å². The quantitative estimate of drug-likeness (QED) is 0.0701. The van der Waals surface area contributed by atoms with Crippen LogP contribution in [0.2, 0.25) is 0 Å². The number of morpholine rings is 3. The summed E-state index contributed by atoms with van der Waals surface area (Å²) in [5.74, 6) is 4.74. The standard InChI is InChI=1S/C27H31N7O2.C23H28N6O4.C23H27N5O2/c1-33-24(8-9-31-33)19-2-7-26(30-18-19)32-20-3-5-22(6-4-20)36-25-17-21(34-12-14-35-15-13-34)16-23-27(25)29-11-10-28-23;1-28-21(30)14-20(27-23(28)31)26-15-2-4-17(5-3-15)33-19-13-16(29-8-10-32-11-9-29)12-18-22(19)25-7-6-24-18;1-2-8-25-22(3-1)27-17-4-6-19(7-5-17)30-21-16-18(28-11-13-29-14-12-28)15-20-23(21)26-10-9-24-20/h2,7-11,16-18,20,22H,3-6,12-15H2,1H3,(H,30,32);6-7,12-15,17,26H,2-5,8-11H2,1H3,(H,27,31);1-3,8-10,15-17,19H,4-7,11-14H2,(H,25,27). The van der Waals surface area contributed by atoms with Crippen LogP contribution in [0.5, 0.6) is 17.2 Å². The van der Waals surface area contributed by atoms with Crippen LogP contribution in [0.15, 0.2) is 144 Å². The number of pyridine rings is 2. The predicted octanol–water partition coefficient (Wildman–Crippen LogP) is 9.38. The van der Waals surface area contributed by atoms with Gasteiger partial charge < -0.3 is 59.1 Å². The lowest BCUT2D eigenvalue weighted by molar-refractivity contribution is 0.122. The van der Waals surface area contributed by atoms with Gasteiger partial charge in [-0.1, -0.05) is 6.07 Å². The summed E-state index contributed by atoms with van der Waals surface area (Å²) < 4.78 is 38.9. The lowest BCUT2D eigenvalue weighted by Gasteiger charge is -2.31. The average Bonchev–Trinajstić information content (AvgIpc) is 1.04.